The van der Waals surface area contributed by atoms with E-state index in [0.29, 0.717) is 26.1 Å². The second-order valence-corrected chi connectivity index (χ2v) is 13.6. The Morgan fingerprint density at radius 3 is 2.00 bits per heavy atom. The summed E-state index contributed by atoms with van der Waals surface area (Å²) in [7, 11) is 0. The van der Waals surface area contributed by atoms with E-state index in [1.807, 2.05) is 74.5 Å². The molecule has 8 nitrogen and oxygen atoms in total. The Labute approximate surface area is 268 Å². The van der Waals surface area contributed by atoms with Crippen LogP contribution in [0.3, 0.4) is 0 Å². The first-order valence-corrected chi connectivity index (χ1v) is 16.2. The van der Waals surface area contributed by atoms with E-state index in [1.165, 1.54) is 0 Å². The molecule has 3 aliphatic heterocycles. The summed E-state index contributed by atoms with van der Waals surface area (Å²) < 4.78 is 6.76. The van der Waals surface area contributed by atoms with E-state index in [1.54, 1.807) is 26.9 Å². The van der Waals surface area contributed by atoms with E-state index < -0.39 is 35.6 Å². The van der Waals surface area contributed by atoms with Gasteiger partial charge in [-0.3, -0.25) is 14.4 Å². The molecule has 3 saturated heterocycles. The van der Waals surface area contributed by atoms with Crippen molar-refractivity contribution in [3.8, 4) is 0 Å². The second-order valence-electron chi connectivity index (χ2n) is 12.4. The molecule has 5 rings (SSSR count). The maximum absolute atomic E-state index is 14.7. The van der Waals surface area contributed by atoms with E-state index in [0.717, 1.165) is 11.1 Å². The van der Waals surface area contributed by atoms with Gasteiger partial charge < -0.3 is 24.5 Å². The molecule has 0 aliphatic carbocycles. The lowest BCUT2D eigenvalue weighted by Gasteiger charge is -2.40. The normalized spacial score (nSPS) is 27.7. The van der Waals surface area contributed by atoms with Crippen LogP contribution < -0.4 is 0 Å². The largest absolute Gasteiger partial charge is 0.394 e. The first kappa shape index (κ1) is 32.1. The minimum atomic E-state index is -1.22. The lowest BCUT2D eigenvalue weighted by molar-refractivity contribution is -0.153. The molecule has 44 heavy (non-hydrogen) atoms. The van der Waals surface area contributed by atoms with Gasteiger partial charge in [-0.15, -0.1) is 13.2 Å². The summed E-state index contributed by atoms with van der Waals surface area (Å²) in [5, 5.41) is 10.6. The topological polar surface area (TPSA) is 90.4 Å². The third kappa shape index (κ3) is 5.66. The minimum Gasteiger partial charge on any atom is -0.394 e. The van der Waals surface area contributed by atoms with E-state index in [-0.39, 0.29) is 41.6 Å². The van der Waals surface area contributed by atoms with Crippen molar-refractivity contribution in [3.05, 3.63) is 97.1 Å². The van der Waals surface area contributed by atoms with Crippen LogP contribution >= 0.6 is 15.9 Å². The number of alkyl halides is 1. The summed E-state index contributed by atoms with van der Waals surface area (Å²) in [6.07, 6.45) is 3.18. The van der Waals surface area contributed by atoms with Crippen LogP contribution in [0.15, 0.2) is 86.0 Å². The highest BCUT2D eigenvalue weighted by Crippen LogP contribution is 2.61. The van der Waals surface area contributed by atoms with Crippen LogP contribution in [-0.4, -0.2) is 85.8 Å². The van der Waals surface area contributed by atoms with Crippen LogP contribution in [-0.2, 0) is 32.2 Å². The van der Waals surface area contributed by atoms with Crippen molar-refractivity contribution in [2.45, 2.75) is 62.0 Å². The van der Waals surface area contributed by atoms with Crippen LogP contribution in [0.4, 0.5) is 0 Å². The number of benzene rings is 2. The minimum absolute atomic E-state index is 0.141. The number of carbonyl (C=O) groups is 3. The second kappa shape index (κ2) is 13.4. The lowest BCUT2D eigenvalue weighted by Crippen LogP contribution is -2.59. The van der Waals surface area contributed by atoms with Crippen LogP contribution in [0.2, 0.25) is 0 Å². The maximum Gasteiger partial charge on any atom is 0.249 e. The molecular weight excluding hydrogens is 622 g/mol. The molecule has 0 saturated carbocycles. The van der Waals surface area contributed by atoms with Gasteiger partial charge in [-0.2, -0.15) is 0 Å². The summed E-state index contributed by atoms with van der Waals surface area (Å²) in [6, 6.07) is 17.7. The highest BCUT2D eigenvalue weighted by Gasteiger charge is 2.77. The summed E-state index contributed by atoms with van der Waals surface area (Å²) in [4.78, 5) is 48.5. The summed E-state index contributed by atoms with van der Waals surface area (Å²) in [5.41, 5.74) is 0.683. The van der Waals surface area contributed by atoms with Crippen LogP contribution in [0, 0.1) is 17.8 Å². The van der Waals surface area contributed by atoms with Crippen molar-refractivity contribution in [3.63, 3.8) is 0 Å². The SMILES string of the molecule is C=CCN(Cc1ccccc1)C(=O)C1N([C@@H](CO)C(C)C)C(=O)[C@@H]2[C@H](C(=O)N(CC=C)Cc3ccccc3)[C@H]3OC12CC3Br. The van der Waals surface area contributed by atoms with Gasteiger partial charge in [0.15, 0.2) is 0 Å². The van der Waals surface area contributed by atoms with Gasteiger partial charge in [0.2, 0.25) is 17.7 Å². The number of fused-ring (bicyclic) bond motifs is 1. The van der Waals surface area contributed by atoms with Gasteiger partial charge >= 0.3 is 0 Å². The van der Waals surface area contributed by atoms with Gasteiger partial charge in [0, 0.05) is 31.0 Å². The first-order valence-electron chi connectivity index (χ1n) is 15.3. The number of ether oxygens (including phenoxy) is 1. The summed E-state index contributed by atoms with van der Waals surface area (Å²) >= 11 is 3.78. The van der Waals surface area contributed by atoms with Gasteiger partial charge in [-0.25, -0.2) is 0 Å². The van der Waals surface area contributed by atoms with Crippen LogP contribution in [0.5, 0.6) is 0 Å². The molecule has 2 aromatic carbocycles. The predicted molar refractivity (Wildman–Crippen MR) is 172 cm³/mol. The summed E-state index contributed by atoms with van der Waals surface area (Å²) in [5.74, 6) is -2.58. The molecule has 234 valence electrons. The molecule has 3 unspecified atom stereocenters. The molecule has 2 bridgehead atoms. The number of halogens is 1. The van der Waals surface area contributed by atoms with Crippen molar-refractivity contribution in [1.29, 1.82) is 0 Å². The van der Waals surface area contributed by atoms with E-state index in [9.17, 15) is 19.5 Å². The molecule has 3 fully saturated rings. The molecule has 2 aromatic rings. The number of likely N-dealkylation sites (tertiary alicyclic amines) is 1. The molecule has 0 radical (unpaired) electrons. The molecule has 3 aliphatic rings. The Kier molecular flexibility index (Phi) is 9.77. The number of rotatable bonds is 13. The Morgan fingerprint density at radius 1 is 1.00 bits per heavy atom. The number of hydrogen-bond acceptors (Lipinski definition) is 5. The van der Waals surface area contributed by atoms with Crippen molar-refractivity contribution in [1.82, 2.24) is 14.7 Å². The molecule has 1 N–H and O–H groups in total. The maximum atomic E-state index is 14.7. The quantitative estimate of drug-likeness (QED) is 0.257. The standard InChI is InChI=1S/C35H42BrN3O5/c1-5-17-37(20-24-13-9-7-10-14-24)32(41)28-29-33(42)39(27(22-40)23(3)4)31(35(29)19-26(36)30(28)44-35)34(43)38(18-6-2)21-25-15-11-8-12-16-25/h5-16,23,26-31,40H,1-2,17-22H2,3-4H3/t26?,27-,28-,29-,30-,31?,35?/m0/s1. The Balaban J connectivity index is 1.56. The zero-order valence-electron chi connectivity index (χ0n) is 25.4. The lowest BCUT2D eigenvalue weighted by atomic mass is 9.70. The molecule has 0 aromatic heterocycles. The number of hydrogen-bond donors (Lipinski definition) is 1. The Morgan fingerprint density at radius 2 is 1.52 bits per heavy atom. The van der Waals surface area contributed by atoms with Gasteiger partial charge in [-0.05, 0) is 23.5 Å². The molecule has 3 amide bonds. The fraction of sp³-hybridized carbons (Fsp3) is 0.457. The van der Waals surface area contributed by atoms with Crippen LogP contribution in [0.25, 0.3) is 0 Å². The van der Waals surface area contributed by atoms with E-state index >= 15 is 0 Å². The van der Waals surface area contributed by atoms with Gasteiger partial charge in [0.1, 0.15) is 11.6 Å². The van der Waals surface area contributed by atoms with Gasteiger partial charge in [0.05, 0.1) is 30.6 Å². The van der Waals surface area contributed by atoms with E-state index in [2.05, 4.69) is 29.1 Å². The number of nitrogens with zero attached hydrogens (tertiary/aromatic N) is 3. The van der Waals surface area contributed by atoms with Gasteiger partial charge in [0.25, 0.3) is 0 Å². The fourth-order valence-electron chi connectivity index (χ4n) is 7.37. The molecule has 7 atom stereocenters. The highest BCUT2D eigenvalue weighted by atomic mass is 79.9. The smallest absolute Gasteiger partial charge is 0.249 e. The third-order valence-corrected chi connectivity index (χ3v) is 10.2. The molecule has 1 spiro atoms. The average molecular weight is 665 g/mol. The van der Waals surface area contributed by atoms with Crippen molar-refractivity contribution in [2.75, 3.05) is 19.7 Å². The van der Waals surface area contributed by atoms with Crippen molar-refractivity contribution in [2.24, 2.45) is 17.8 Å². The first-order chi connectivity index (χ1) is 21.2. The Hall–Kier alpha value is -3.27. The fourth-order valence-corrected chi connectivity index (χ4v) is 8.32. The molecule has 9 heteroatoms. The predicted octanol–water partition coefficient (Wildman–Crippen LogP) is 4.18. The summed E-state index contributed by atoms with van der Waals surface area (Å²) in [6.45, 7) is 12.5. The Bertz CT molecular complexity index is 1370. The third-order valence-electron chi connectivity index (χ3n) is 9.31. The average Bonchev–Trinajstić information content (AvgIpc) is 3.61. The van der Waals surface area contributed by atoms with Crippen LogP contribution in [0.1, 0.15) is 31.4 Å². The van der Waals surface area contributed by atoms with E-state index in [4.69, 9.17) is 4.74 Å². The molecule has 3 heterocycles. The zero-order valence-corrected chi connectivity index (χ0v) is 27.0. The monoisotopic (exact) mass is 663 g/mol. The highest BCUT2D eigenvalue weighted by molar-refractivity contribution is 9.09. The number of carbonyl (C=O) groups excluding carboxylic acids is 3. The van der Waals surface area contributed by atoms with Crippen molar-refractivity contribution < 1.29 is 24.2 Å². The number of amides is 3. The zero-order chi connectivity index (χ0) is 31.6. The van der Waals surface area contributed by atoms with Gasteiger partial charge in [-0.1, -0.05) is 103 Å². The molecular formula is C35H42BrN3O5. The number of aliphatic hydroxyl groups excluding tert-OH is 1. The number of aliphatic hydroxyl groups is 1. The van der Waals surface area contributed by atoms with Crippen molar-refractivity contribution >= 4 is 33.7 Å².